The van der Waals surface area contributed by atoms with Crippen molar-refractivity contribution < 1.29 is 0 Å². The molecule has 3 rings (SSSR count). The van der Waals surface area contributed by atoms with E-state index in [0.29, 0.717) is 10.0 Å². The Hall–Kier alpha value is -0.740. The van der Waals surface area contributed by atoms with Crippen LogP contribution in [0.3, 0.4) is 0 Å². The molecule has 6 heteroatoms. The van der Waals surface area contributed by atoms with Gasteiger partial charge in [-0.15, -0.1) is 11.6 Å². The number of nitrogens with zero attached hydrogens (tertiary/aromatic N) is 2. The summed E-state index contributed by atoms with van der Waals surface area (Å²) in [4.78, 5) is 4.61. The van der Waals surface area contributed by atoms with E-state index in [2.05, 4.69) is 20.9 Å². The summed E-state index contributed by atoms with van der Waals surface area (Å²) in [7, 11) is 0. The van der Waals surface area contributed by atoms with Crippen molar-refractivity contribution in [2.75, 3.05) is 0 Å². The molecule has 1 heterocycles. The first kappa shape index (κ1) is 15.2. The molecule has 0 fully saturated rings. The van der Waals surface area contributed by atoms with Gasteiger partial charge in [0.1, 0.15) is 5.82 Å². The van der Waals surface area contributed by atoms with Crippen molar-refractivity contribution in [1.29, 1.82) is 0 Å². The summed E-state index contributed by atoms with van der Waals surface area (Å²) in [5.41, 5.74) is 2.62. The molecule has 1 aromatic heterocycles. The van der Waals surface area contributed by atoms with E-state index in [-0.39, 0.29) is 5.38 Å². The fraction of sp³-hybridized carbons (Fsp3) is 0.133. The summed E-state index contributed by atoms with van der Waals surface area (Å²) in [6, 6.07) is 11.2. The molecule has 0 N–H and O–H groups in total. The number of benzene rings is 2. The zero-order chi connectivity index (χ0) is 15.1. The van der Waals surface area contributed by atoms with E-state index in [1.165, 1.54) is 0 Å². The van der Waals surface area contributed by atoms with Crippen LogP contribution < -0.4 is 0 Å². The van der Waals surface area contributed by atoms with Gasteiger partial charge in [0.05, 0.1) is 22.1 Å². The van der Waals surface area contributed by atoms with Gasteiger partial charge in [-0.1, -0.05) is 23.2 Å². The lowest BCUT2D eigenvalue weighted by Crippen LogP contribution is -2.02. The van der Waals surface area contributed by atoms with Gasteiger partial charge in [0.2, 0.25) is 0 Å². The van der Waals surface area contributed by atoms with E-state index < -0.39 is 0 Å². The molecule has 108 valence electrons. The molecule has 0 saturated heterocycles. The third-order valence-electron chi connectivity index (χ3n) is 3.15. The maximum absolute atomic E-state index is 6.30. The minimum absolute atomic E-state index is 0.248. The summed E-state index contributed by atoms with van der Waals surface area (Å²) in [6.07, 6.45) is 0. The van der Waals surface area contributed by atoms with Crippen molar-refractivity contribution >= 4 is 61.8 Å². The Kier molecular flexibility index (Phi) is 4.19. The molecule has 0 radical (unpaired) electrons. The Morgan fingerprint density at radius 1 is 1.10 bits per heavy atom. The number of aromatic nitrogens is 2. The van der Waals surface area contributed by atoms with E-state index in [1.807, 2.05) is 47.9 Å². The normalized spacial score (nSPS) is 12.8. The van der Waals surface area contributed by atoms with Gasteiger partial charge >= 0.3 is 0 Å². The van der Waals surface area contributed by atoms with Gasteiger partial charge in [-0.25, -0.2) is 4.98 Å². The lowest BCUT2D eigenvalue weighted by Gasteiger charge is -2.13. The van der Waals surface area contributed by atoms with Crippen molar-refractivity contribution in [3.8, 4) is 5.69 Å². The molecule has 0 aliphatic heterocycles. The van der Waals surface area contributed by atoms with Crippen LogP contribution >= 0.6 is 50.7 Å². The van der Waals surface area contributed by atoms with Gasteiger partial charge in [-0.05, 0) is 59.3 Å². The largest absolute Gasteiger partial charge is 0.294 e. The van der Waals surface area contributed by atoms with Crippen LogP contribution in [0.4, 0.5) is 0 Å². The minimum Gasteiger partial charge on any atom is -0.294 e. The van der Waals surface area contributed by atoms with Crippen molar-refractivity contribution in [1.82, 2.24) is 9.55 Å². The molecule has 2 nitrogen and oxygen atoms in total. The zero-order valence-corrected chi connectivity index (χ0v) is 14.8. The average Bonchev–Trinajstić information content (AvgIpc) is 2.80. The van der Waals surface area contributed by atoms with E-state index >= 15 is 0 Å². The number of alkyl halides is 1. The van der Waals surface area contributed by atoms with Crippen molar-refractivity contribution in [3.63, 3.8) is 0 Å². The van der Waals surface area contributed by atoms with Gasteiger partial charge in [-0.2, -0.15) is 0 Å². The van der Waals surface area contributed by atoms with E-state index in [9.17, 15) is 0 Å². The van der Waals surface area contributed by atoms with Crippen molar-refractivity contribution in [2.24, 2.45) is 0 Å². The Bertz CT molecular complexity index is 827. The molecule has 0 spiro atoms. The summed E-state index contributed by atoms with van der Waals surface area (Å²) in [5.74, 6) is 0.747. The van der Waals surface area contributed by atoms with Crippen LogP contribution in [0, 0.1) is 0 Å². The van der Waals surface area contributed by atoms with Gasteiger partial charge in [-0.3, -0.25) is 4.57 Å². The first-order valence-electron chi connectivity index (χ1n) is 6.25. The molecule has 2 aromatic carbocycles. The van der Waals surface area contributed by atoms with E-state index in [1.54, 1.807) is 0 Å². The highest BCUT2D eigenvalue weighted by Gasteiger charge is 2.18. The molecule has 0 aliphatic rings. The summed E-state index contributed by atoms with van der Waals surface area (Å²) in [5, 5.41) is 1.04. The van der Waals surface area contributed by atoms with Crippen LogP contribution in [0.15, 0.2) is 40.9 Å². The number of fused-ring (bicyclic) bond motifs is 1. The Morgan fingerprint density at radius 2 is 1.76 bits per heavy atom. The predicted molar refractivity (Wildman–Crippen MR) is 93.1 cm³/mol. The van der Waals surface area contributed by atoms with Gasteiger partial charge in [0, 0.05) is 14.5 Å². The van der Waals surface area contributed by atoms with Crippen LogP contribution in [0.1, 0.15) is 18.1 Å². The molecule has 0 amide bonds. The zero-order valence-electron chi connectivity index (χ0n) is 10.9. The number of rotatable bonds is 2. The Labute approximate surface area is 145 Å². The molecule has 0 saturated carbocycles. The van der Waals surface area contributed by atoms with Crippen molar-refractivity contribution in [2.45, 2.75) is 12.3 Å². The van der Waals surface area contributed by atoms with Gasteiger partial charge in [0.15, 0.2) is 0 Å². The highest BCUT2D eigenvalue weighted by Crippen LogP contribution is 2.33. The third-order valence-corrected chi connectivity index (χ3v) is 4.48. The fourth-order valence-corrected chi connectivity index (χ4v) is 3.15. The standard InChI is InChI=1S/C15H10BrCl3N2/c1-8(17)15-20-12-5-3-10(19)7-14(12)21(15)13-6-9(18)2-4-11(13)16/h2-8H,1H3. The Balaban J connectivity index is 2.41. The SMILES string of the molecule is CC(Cl)c1nc2ccc(Cl)cc2n1-c1cc(Cl)ccc1Br. The highest BCUT2D eigenvalue weighted by molar-refractivity contribution is 9.10. The van der Waals surface area contributed by atoms with E-state index in [0.717, 1.165) is 27.0 Å². The minimum atomic E-state index is -0.248. The Morgan fingerprint density at radius 3 is 2.48 bits per heavy atom. The lowest BCUT2D eigenvalue weighted by molar-refractivity contribution is 0.880. The monoisotopic (exact) mass is 402 g/mol. The molecule has 3 aromatic rings. The molecule has 1 atom stereocenters. The predicted octanol–water partition coefficient (Wildman–Crippen LogP) is 6.39. The molecule has 0 aliphatic carbocycles. The van der Waals surface area contributed by atoms with Crippen molar-refractivity contribution in [3.05, 3.63) is 56.7 Å². The molecule has 21 heavy (non-hydrogen) atoms. The second-order valence-corrected chi connectivity index (χ2v) is 7.03. The highest BCUT2D eigenvalue weighted by atomic mass is 79.9. The van der Waals surface area contributed by atoms with Crippen LogP contribution in [-0.2, 0) is 0 Å². The fourth-order valence-electron chi connectivity index (χ4n) is 2.24. The molecular weight excluding hydrogens is 394 g/mol. The summed E-state index contributed by atoms with van der Waals surface area (Å²) in [6.45, 7) is 1.89. The maximum Gasteiger partial charge on any atom is 0.132 e. The second kappa shape index (κ2) is 5.81. The quantitative estimate of drug-likeness (QED) is 0.452. The van der Waals surface area contributed by atoms with Crippen LogP contribution in [0.5, 0.6) is 0 Å². The average molecular weight is 405 g/mol. The van der Waals surface area contributed by atoms with Crippen LogP contribution in [-0.4, -0.2) is 9.55 Å². The number of halogens is 4. The lowest BCUT2D eigenvalue weighted by atomic mass is 10.2. The first-order chi connectivity index (χ1) is 9.97. The number of imidazole rings is 1. The topological polar surface area (TPSA) is 17.8 Å². The van der Waals surface area contributed by atoms with Gasteiger partial charge in [0.25, 0.3) is 0 Å². The first-order valence-corrected chi connectivity index (χ1v) is 8.23. The smallest absolute Gasteiger partial charge is 0.132 e. The summed E-state index contributed by atoms with van der Waals surface area (Å²) < 4.78 is 2.89. The number of hydrogen-bond donors (Lipinski definition) is 0. The molecule has 1 unspecified atom stereocenters. The molecule has 0 bridgehead atoms. The summed E-state index contributed by atoms with van der Waals surface area (Å²) >= 11 is 22.1. The van der Waals surface area contributed by atoms with E-state index in [4.69, 9.17) is 34.8 Å². The third kappa shape index (κ3) is 2.80. The second-order valence-electron chi connectivity index (χ2n) is 4.65. The van der Waals surface area contributed by atoms with Crippen LogP contribution in [0.25, 0.3) is 16.7 Å². The van der Waals surface area contributed by atoms with Crippen LogP contribution in [0.2, 0.25) is 10.0 Å². The van der Waals surface area contributed by atoms with Gasteiger partial charge < -0.3 is 0 Å². The molecular formula is C15H10BrCl3N2. The maximum atomic E-state index is 6.30. The number of hydrogen-bond acceptors (Lipinski definition) is 1.